The fourth-order valence-electron chi connectivity index (χ4n) is 4.83. The van der Waals surface area contributed by atoms with Crippen molar-refractivity contribution in [3.8, 4) is 0 Å². The number of esters is 2. The molecule has 0 aromatic rings. The Hall–Kier alpha value is -2.18. The number of rotatable bonds is 32. The number of allylic oxidation sites excluding steroid dienone is 7. The molecule has 0 aliphatic rings. The van der Waals surface area contributed by atoms with Gasteiger partial charge >= 0.3 is 11.9 Å². The maximum atomic E-state index is 11.9. The first-order valence-corrected chi connectivity index (χ1v) is 18.3. The van der Waals surface area contributed by atoms with Gasteiger partial charge in [-0.05, 0) is 38.5 Å². The number of hydrogen-bond donors (Lipinski definition) is 2. The van der Waals surface area contributed by atoms with E-state index in [1.54, 1.807) is 0 Å². The summed E-state index contributed by atoms with van der Waals surface area (Å²) in [5, 5.41) is 19.8. The van der Waals surface area contributed by atoms with Gasteiger partial charge in [-0.3, -0.25) is 9.59 Å². The first-order chi connectivity index (χ1) is 22.0. The van der Waals surface area contributed by atoms with Gasteiger partial charge in [-0.1, -0.05) is 159 Å². The predicted octanol–water partition coefficient (Wildman–Crippen LogP) is 10.0. The van der Waals surface area contributed by atoms with Gasteiger partial charge in [0.25, 0.3) is 0 Å². The minimum absolute atomic E-state index is 0.143. The lowest BCUT2D eigenvalue weighted by atomic mass is 10.0. The summed E-state index contributed by atoms with van der Waals surface area (Å²) in [5.41, 5.74) is 0. The maximum Gasteiger partial charge on any atom is 0.305 e. The largest absolute Gasteiger partial charge is 0.463 e. The molecule has 0 aromatic heterocycles. The second kappa shape index (κ2) is 34.7. The average molecular weight is 633 g/mol. The van der Waals surface area contributed by atoms with Gasteiger partial charge in [0.05, 0.1) is 6.10 Å². The fraction of sp³-hybridized carbons (Fsp3) is 0.744. The molecule has 0 rings (SSSR count). The highest BCUT2D eigenvalue weighted by atomic mass is 16.6. The molecule has 0 bridgehead atoms. The molecule has 0 aliphatic carbocycles. The lowest BCUT2D eigenvalue weighted by Crippen LogP contribution is -2.25. The Morgan fingerprint density at radius 3 is 1.60 bits per heavy atom. The van der Waals surface area contributed by atoms with Crippen LogP contribution in [0.4, 0.5) is 0 Å². The van der Waals surface area contributed by atoms with Gasteiger partial charge in [0.15, 0.2) is 0 Å². The quantitative estimate of drug-likeness (QED) is 0.0332. The van der Waals surface area contributed by atoms with Crippen LogP contribution in [0.25, 0.3) is 0 Å². The van der Waals surface area contributed by atoms with Crippen LogP contribution in [0.3, 0.4) is 0 Å². The molecule has 0 unspecified atom stereocenters. The van der Waals surface area contributed by atoms with E-state index in [1.165, 1.54) is 70.6 Å². The Labute approximate surface area is 276 Å². The van der Waals surface area contributed by atoms with Crippen molar-refractivity contribution in [3.63, 3.8) is 0 Å². The normalized spacial score (nSPS) is 13.4. The Kier molecular flexibility index (Phi) is 33.0. The highest BCUT2D eigenvalue weighted by molar-refractivity contribution is 5.69. The van der Waals surface area contributed by atoms with Gasteiger partial charge in [-0.25, -0.2) is 0 Å². The SMILES string of the molecule is CCCCCCCCCCCCCCCC(=O)OC[C@@H](O)COC(=O)CCC/C=C\C/C=C\C/C=C\C=C\[C@H](O)CCCCC. The molecule has 0 fully saturated rings. The van der Waals surface area contributed by atoms with Gasteiger partial charge in [-0.15, -0.1) is 0 Å². The molecule has 6 heteroatoms. The molecule has 260 valence electrons. The van der Waals surface area contributed by atoms with Crippen molar-refractivity contribution in [2.45, 2.75) is 174 Å². The molecular weight excluding hydrogens is 564 g/mol. The fourth-order valence-corrected chi connectivity index (χ4v) is 4.83. The maximum absolute atomic E-state index is 11.9. The van der Waals surface area contributed by atoms with E-state index in [2.05, 4.69) is 44.2 Å². The molecule has 0 saturated heterocycles. The molecule has 0 aromatic carbocycles. The van der Waals surface area contributed by atoms with Crippen molar-refractivity contribution < 1.29 is 29.3 Å². The average Bonchev–Trinajstić information content (AvgIpc) is 3.03. The van der Waals surface area contributed by atoms with E-state index in [-0.39, 0.29) is 37.7 Å². The summed E-state index contributed by atoms with van der Waals surface area (Å²) in [6.45, 7) is 4.11. The van der Waals surface area contributed by atoms with Gasteiger partial charge in [0, 0.05) is 12.8 Å². The number of unbranched alkanes of at least 4 members (excludes halogenated alkanes) is 15. The lowest BCUT2D eigenvalue weighted by molar-refractivity contribution is -0.152. The van der Waals surface area contributed by atoms with Gasteiger partial charge in [-0.2, -0.15) is 0 Å². The standard InChI is InChI=1S/C39H68O6/c1-3-5-7-8-9-10-11-12-15-18-21-24-28-32-38(42)44-34-37(41)35-45-39(43)33-29-25-22-19-16-13-14-17-20-23-27-31-36(40)30-26-6-4-2/h13-14,19-20,22-23,27,31,36-37,40-41H,3-12,15-18,21,24-26,28-30,32-35H2,1-2H3/b14-13-,22-19-,23-20-,31-27+/t36-,37-/m1/s1. The molecule has 2 N–H and O–H groups in total. The Bertz CT molecular complexity index is 784. The molecule has 0 spiro atoms. The van der Waals surface area contributed by atoms with E-state index >= 15 is 0 Å². The van der Waals surface area contributed by atoms with Crippen LogP contribution < -0.4 is 0 Å². The number of hydrogen-bond acceptors (Lipinski definition) is 6. The lowest BCUT2D eigenvalue weighted by Gasteiger charge is -2.12. The predicted molar refractivity (Wildman–Crippen MR) is 188 cm³/mol. The van der Waals surface area contributed by atoms with Crippen LogP contribution in [0.2, 0.25) is 0 Å². The second-order valence-electron chi connectivity index (χ2n) is 12.2. The number of aliphatic hydroxyl groups excluding tert-OH is 2. The zero-order valence-electron chi connectivity index (χ0n) is 29.0. The van der Waals surface area contributed by atoms with Crippen molar-refractivity contribution in [2.24, 2.45) is 0 Å². The summed E-state index contributed by atoms with van der Waals surface area (Å²) >= 11 is 0. The van der Waals surface area contributed by atoms with Crippen LogP contribution in [-0.4, -0.2) is 47.6 Å². The molecule has 0 heterocycles. The zero-order chi connectivity index (χ0) is 33.1. The summed E-state index contributed by atoms with van der Waals surface area (Å²) in [7, 11) is 0. The first kappa shape index (κ1) is 42.8. The monoisotopic (exact) mass is 633 g/mol. The molecule has 0 amide bonds. The van der Waals surface area contributed by atoms with Crippen LogP contribution in [0, 0.1) is 0 Å². The van der Waals surface area contributed by atoms with Crippen LogP contribution in [0.15, 0.2) is 48.6 Å². The number of aliphatic hydroxyl groups is 2. The van der Waals surface area contributed by atoms with Crippen LogP contribution in [0.1, 0.15) is 162 Å². The van der Waals surface area contributed by atoms with E-state index in [4.69, 9.17) is 9.47 Å². The number of carbonyl (C=O) groups is 2. The summed E-state index contributed by atoms with van der Waals surface area (Å²) in [5.74, 6) is -0.655. The summed E-state index contributed by atoms with van der Waals surface area (Å²) in [4.78, 5) is 23.8. The smallest absolute Gasteiger partial charge is 0.305 e. The van der Waals surface area contributed by atoms with Crippen LogP contribution in [-0.2, 0) is 19.1 Å². The highest BCUT2D eigenvalue weighted by Crippen LogP contribution is 2.13. The van der Waals surface area contributed by atoms with Crippen molar-refractivity contribution >= 4 is 11.9 Å². The molecule has 2 atom stereocenters. The summed E-state index contributed by atoms with van der Waals surface area (Å²) < 4.78 is 10.2. The topological polar surface area (TPSA) is 93.1 Å². The van der Waals surface area contributed by atoms with Crippen molar-refractivity contribution in [3.05, 3.63) is 48.6 Å². The number of carbonyl (C=O) groups excluding carboxylic acids is 2. The second-order valence-corrected chi connectivity index (χ2v) is 12.2. The summed E-state index contributed by atoms with van der Waals surface area (Å²) in [6, 6.07) is 0. The Morgan fingerprint density at radius 2 is 1.02 bits per heavy atom. The third-order valence-electron chi connectivity index (χ3n) is 7.67. The molecular formula is C39H68O6. The van der Waals surface area contributed by atoms with Crippen molar-refractivity contribution in [2.75, 3.05) is 13.2 Å². The third kappa shape index (κ3) is 34.5. The Morgan fingerprint density at radius 1 is 0.556 bits per heavy atom. The molecule has 0 radical (unpaired) electrons. The van der Waals surface area contributed by atoms with Gasteiger partial charge in [0.2, 0.25) is 0 Å². The Balaban J connectivity index is 3.60. The van der Waals surface area contributed by atoms with Crippen LogP contribution >= 0.6 is 0 Å². The molecule has 0 saturated carbocycles. The zero-order valence-corrected chi connectivity index (χ0v) is 29.0. The van der Waals surface area contributed by atoms with E-state index in [1.807, 2.05) is 18.2 Å². The number of ether oxygens (including phenoxy) is 2. The van der Waals surface area contributed by atoms with E-state index in [9.17, 15) is 19.8 Å². The first-order valence-electron chi connectivity index (χ1n) is 18.3. The van der Waals surface area contributed by atoms with Crippen molar-refractivity contribution in [1.29, 1.82) is 0 Å². The van der Waals surface area contributed by atoms with E-state index in [0.717, 1.165) is 57.8 Å². The minimum Gasteiger partial charge on any atom is -0.463 e. The molecule has 45 heavy (non-hydrogen) atoms. The van der Waals surface area contributed by atoms with Gasteiger partial charge in [0.1, 0.15) is 19.3 Å². The highest BCUT2D eigenvalue weighted by Gasteiger charge is 2.12. The molecule has 0 aliphatic heterocycles. The van der Waals surface area contributed by atoms with E-state index < -0.39 is 6.10 Å². The molecule has 6 nitrogen and oxygen atoms in total. The van der Waals surface area contributed by atoms with Crippen LogP contribution in [0.5, 0.6) is 0 Å². The minimum atomic E-state index is -0.996. The summed E-state index contributed by atoms with van der Waals surface area (Å²) in [6.07, 6.45) is 39.2. The van der Waals surface area contributed by atoms with Gasteiger partial charge < -0.3 is 19.7 Å². The van der Waals surface area contributed by atoms with Crippen molar-refractivity contribution in [1.82, 2.24) is 0 Å². The van der Waals surface area contributed by atoms with E-state index in [0.29, 0.717) is 12.8 Å². The third-order valence-corrected chi connectivity index (χ3v) is 7.67.